The van der Waals surface area contributed by atoms with E-state index in [-0.39, 0.29) is 0 Å². The van der Waals surface area contributed by atoms with E-state index in [1.54, 1.807) is 26.3 Å². The molecule has 0 bridgehead atoms. The van der Waals surface area contributed by atoms with Crippen LogP contribution in [0.1, 0.15) is 20.8 Å². The van der Waals surface area contributed by atoms with Gasteiger partial charge in [0.05, 0.1) is 17.3 Å². The maximum atomic E-state index is 9.91. The van der Waals surface area contributed by atoms with Crippen molar-refractivity contribution in [1.82, 2.24) is 4.98 Å². The highest BCUT2D eigenvalue weighted by molar-refractivity contribution is 5.88. The highest BCUT2D eigenvalue weighted by Gasteiger charge is 2.20. The van der Waals surface area contributed by atoms with Gasteiger partial charge >= 0.3 is 0 Å². The van der Waals surface area contributed by atoms with Crippen LogP contribution in [-0.2, 0) is 0 Å². The molecule has 0 amide bonds. The number of likely N-dealkylation sites (N-methyl/N-ethyl adjacent to an activating group) is 1. The van der Waals surface area contributed by atoms with Crippen LogP contribution in [0.15, 0.2) is 29.0 Å². The Hall–Kier alpha value is -1.55. The minimum Gasteiger partial charge on any atom is -0.464 e. The molecule has 4 nitrogen and oxygen atoms in total. The Morgan fingerprint density at radius 2 is 2.18 bits per heavy atom. The zero-order chi connectivity index (χ0) is 12.5. The molecule has 0 unspecified atom stereocenters. The minimum atomic E-state index is -0.746. The summed E-state index contributed by atoms with van der Waals surface area (Å²) in [6, 6.07) is 3.75. The van der Waals surface area contributed by atoms with E-state index in [2.05, 4.69) is 9.88 Å². The van der Waals surface area contributed by atoms with Crippen molar-refractivity contribution in [2.75, 3.05) is 18.0 Å². The molecule has 2 heterocycles. The molecule has 0 saturated heterocycles. The van der Waals surface area contributed by atoms with Gasteiger partial charge in [-0.1, -0.05) is 0 Å². The number of furan rings is 1. The largest absolute Gasteiger partial charge is 0.464 e. The first kappa shape index (κ1) is 11.9. The number of fused-ring (bicyclic) bond motifs is 1. The quantitative estimate of drug-likeness (QED) is 0.882. The number of rotatable bonds is 4. The van der Waals surface area contributed by atoms with Gasteiger partial charge in [0.25, 0.3) is 0 Å². The zero-order valence-electron chi connectivity index (χ0n) is 10.5. The standard InChI is InChI=1S/C13H18N2O2/c1-4-15(9-13(2,3)16)12-10-6-8-17-11(10)5-7-14-12/h5-8,16H,4,9H2,1-3H3. The maximum absolute atomic E-state index is 9.91. The molecule has 0 aliphatic rings. The molecule has 2 aromatic heterocycles. The normalized spacial score (nSPS) is 12.0. The van der Waals surface area contributed by atoms with Crippen LogP contribution in [0.2, 0.25) is 0 Å². The van der Waals surface area contributed by atoms with Crippen molar-refractivity contribution in [1.29, 1.82) is 0 Å². The van der Waals surface area contributed by atoms with Gasteiger partial charge in [-0.05, 0) is 32.9 Å². The van der Waals surface area contributed by atoms with Crippen LogP contribution in [0.3, 0.4) is 0 Å². The van der Waals surface area contributed by atoms with Gasteiger partial charge in [-0.15, -0.1) is 0 Å². The molecule has 17 heavy (non-hydrogen) atoms. The second-order valence-corrected chi connectivity index (χ2v) is 4.79. The molecule has 0 aromatic carbocycles. The van der Waals surface area contributed by atoms with E-state index in [9.17, 15) is 5.11 Å². The molecule has 2 aromatic rings. The van der Waals surface area contributed by atoms with Gasteiger partial charge in [0.15, 0.2) is 0 Å². The van der Waals surface area contributed by atoms with E-state index in [1.807, 2.05) is 19.1 Å². The van der Waals surface area contributed by atoms with Gasteiger partial charge in [-0.25, -0.2) is 4.98 Å². The van der Waals surface area contributed by atoms with Crippen LogP contribution in [0.4, 0.5) is 5.82 Å². The summed E-state index contributed by atoms with van der Waals surface area (Å²) in [5.74, 6) is 0.862. The molecule has 0 saturated carbocycles. The Labute approximate surface area is 101 Å². The zero-order valence-corrected chi connectivity index (χ0v) is 10.5. The molecule has 1 N–H and O–H groups in total. The van der Waals surface area contributed by atoms with Crippen molar-refractivity contribution in [3.8, 4) is 0 Å². The third kappa shape index (κ3) is 2.58. The molecule has 2 rings (SSSR count). The summed E-state index contributed by atoms with van der Waals surface area (Å²) in [4.78, 5) is 6.44. The Bertz CT molecular complexity index is 499. The predicted octanol–water partition coefficient (Wildman–Crippen LogP) is 2.43. The smallest absolute Gasteiger partial charge is 0.139 e. The van der Waals surface area contributed by atoms with Crippen LogP contribution in [0, 0.1) is 0 Å². The fraction of sp³-hybridized carbons (Fsp3) is 0.462. The Balaban J connectivity index is 2.39. The van der Waals surface area contributed by atoms with Crippen LogP contribution in [-0.4, -0.2) is 28.8 Å². The maximum Gasteiger partial charge on any atom is 0.139 e. The van der Waals surface area contributed by atoms with Gasteiger partial charge < -0.3 is 14.4 Å². The molecule has 0 aliphatic heterocycles. The molecule has 4 heteroatoms. The van der Waals surface area contributed by atoms with Crippen LogP contribution >= 0.6 is 0 Å². The summed E-state index contributed by atoms with van der Waals surface area (Å²) in [7, 11) is 0. The van der Waals surface area contributed by atoms with E-state index in [0.29, 0.717) is 6.54 Å². The highest BCUT2D eigenvalue weighted by atomic mass is 16.3. The second kappa shape index (κ2) is 4.37. The van der Waals surface area contributed by atoms with E-state index in [0.717, 1.165) is 23.3 Å². The van der Waals surface area contributed by atoms with E-state index >= 15 is 0 Å². The lowest BCUT2D eigenvalue weighted by Gasteiger charge is -2.29. The Morgan fingerprint density at radius 3 is 2.82 bits per heavy atom. The Morgan fingerprint density at radius 1 is 1.41 bits per heavy atom. The monoisotopic (exact) mass is 234 g/mol. The van der Waals surface area contributed by atoms with E-state index in [4.69, 9.17) is 4.42 Å². The lowest BCUT2D eigenvalue weighted by atomic mass is 10.1. The molecule has 0 spiro atoms. The summed E-state index contributed by atoms with van der Waals surface area (Å²) < 4.78 is 5.35. The van der Waals surface area contributed by atoms with Crippen molar-refractivity contribution in [3.63, 3.8) is 0 Å². The second-order valence-electron chi connectivity index (χ2n) is 4.79. The molecule has 0 radical (unpaired) electrons. The van der Waals surface area contributed by atoms with Gasteiger partial charge in [0.1, 0.15) is 11.4 Å². The van der Waals surface area contributed by atoms with Crippen LogP contribution in [0.5, 0.6) is 0 Å². The highest BCUT2D eigenvalue weighted by Crippen LogP contribution is 2.26. The number of hydrogen-bond donors (Lipinski definition) is 1. The minimum absolute atomic E-state index is 0.542. The van der Waals surface area contributed by atoms with Crippen LogP contribution < -0.4 is 4.90 Å². The van der Waals surface area contributed by atoms with Crippen molar-refractivity contribution >= 4 is 16.8 Å². The SMILES string of the molecule is CCN(CC(C)(C)O)c1nccc2occc12. The van der Waals surface area contributed by atoms with Crippen LogP contribution in [0.25, 0.3) is 11.0 Å². The number of anilines is 1. The van der Waals surface area contributed by atoms with Crippen molar-refractivity contribution < 1.29 is 9.52 Å². The summed E-state index contributed by atoms with van der Waals surface area (Å²) in [6.45, 7) is 6.98. The van der Waals surface area contributed by atoms with E-state index < -0.39 is 5.60 Å². The van der Waals surface area contributed by atoms with Gasteiger partial charge in [0.2, 0.25) is 0 Å². The predicted molar refractivity (Wildman–Crippen MR) is 68.2 cm³/mol. The van der Waals surface area contributed by atoms with Gasteiger partial charge in [0, 0.05) is 19.3 Å². The molecular weight excluding hydrogens is 216 g/mol. The first-order valence-electron chi connectivity index (χ1n) is 5.81. The fourth-order valence-electron chi connectivity index (χ4n) is 1.94. The lowest BCUT2D eigenvalue weighted by Crippen LogP contribution is -2.39. The first-order valence-corrected chi connectivity index (χ1v) is 5.81. The third-order valence-corrected chi connectivity index (χ3v) is 2.62. The number of aromatic nitrogens is 1. The lowest BCUT2D eigenvalue weighted by molar-refractivity contribution is 0.0875. The van der Waals surface area contributed by atoms with Crippen molar-refractivity contribution in [2.24, 2.45) is 0 Å². The molecule has 92 valence electrons. The number of nitrogens with zero attached hydrogens (tertiary/aromatic N) is 2. The van der Waals surface area contributed by atoms with Gasteiger partial charge in [-0.3, -0.25) is 0 Å². The Kier molecular flexibility index (Phi) is 3.07. The topological polar surface area (TPSA) is 49.5 Å². The first-order chi connectivity index (χ1) is 8.01. The fourth-order valence-corrected chi connectivity index (χ4v) is 1.94. The van der Waals surface area contributed by atoms with Crippen molar-refractivity contribution in [3.05, 3.63) is 24.6 Å². The molecule has 0 atom stereocenters. The molecule has 0 aliphatic carbocycles. The number of hydrogen-bond acceptors (Lipinski definition) is 4. The average molecular weight is 234 g/mol. The summed E-state index contributed by atoms with van der Waals surface area (Å²) >= 11 is 0. The average Bonchev–Trinajstić information content (AvgIpc) is 2.72. The number of aliphatic hydroxyl groups is 1. The molecule has 0 fully saturated rings. The van der Waals surface area contributed by atoms with Gasteiger partial charge in [-0.2, -0.15) is 0 Å². The third-order valence-electron chi connectivity index (χ3n) is 2.62. The van der Waals surface area contributed by atoms with E-state index in [1.165, 1.54) is 0 Å². The summed E-state index contributed by atoms with van der Waals surface area (Å²) in [5, 5.41) is 10.9. The molecular formula is C13H18N2O2. The summed E-state index contributed by atoms with van der Waals surface area (Å²) in [6.07, 6.45) is 3.39. The number of pyridine rings is 1. The summed E-state index contributed by atoms with van der Waals surface area (Å²) in [5.41, 5.74) is 0.0769. The van der Waals surface area contributed by atoms with Crippen molar-refractivity contribution in [2.45, 2.75) is 26.4 Å².